The third kappa shape index (κ3) is 5.62. The average molecular weight is 357 g/mol. The third-order valence-electron chi connectivity index (χ3n) is 4.39. The molecule has 2 unspecified atom stereocenters. The molecule has 1 aliphatic rings. The van der Waals surface area contributed by atoms with Crippen LogP contribution in [0.3, 0.4) is 0 Å². The highest BCUT2D eigenvalue weighted by Crippen LogP contribution is 2.61. The van der Waals surface area contributed by atoms with E-state index in [2.05, 4.69) is 19.6 Å². The van der Waals surface area contributed by atoms with Gasteiger partial charge in [-0.25, -0.2) is 0 Å². The summed E-state index contributed by atoms with van der Waals surface area (Å²) in [5.74, 6) is 0.876. The molecule has 0 saturated heterocycles. The lowest BCUT2D eigenvalue weighted by Crippen LogP contribution is -2.30. The molecule has 0 N–H and O–H groups in total. The zero-order chi connectivity index (χ0) is 17.1. The Morgan fingerprint density at radius 3 is 2.35 bits per heavy atom. The summed E-state index contributed by atoms with van der Waals surface area (Å²) in [5, 5.41) is 0. The van der Waals surface area contributed by atoms with Crippen molar-refractivity contribution >= 4 is 18.2 Å². The summed E-state index contributed by atoms with van der Waals surface area (Å²) in [6, 6.07) is 9.75. The fraction of sp³-hybridized carbons (Fsp3) is 0.647. The summed E-state index contributed by atoms with van der Waals surface area (Å²) in [5.41, 5.74) is -0.00934. The van der Waals surface area contributed by atoms with E-state index in [1.54, 1.807) is 0 Å². The Labute approximate surface area is 141 Å². The molecule has 1 fully saturated rings. The number of hydrogen-bond donors (Lipinski definition) is 0. The lowest BCUT2D eigenvalue weighted by atomic mass is 10.1. The van der Waals surface area contributed by atoms with Gasteiger partial charge < -0.3 is 4.74 Å². The number of rotatable bonds is 9. The Balaban J connectivity index is 1.81. The van der Waals surface area contributed by atoms with E-state index in [1.165, 1.54) is 0 Å². The number of para-hydroxylation sites is 1. The van der Waals surface area contributed by atoms with Crippen LogP contribution in [-0.4, -0.2) is 35.0 Å². The van der Waals surface area contributed by atoms with Gasteiger partial charge in [0, 0.05) is 0 Å². The number of ether oxygens (including phenoxy) is 1. The molecular weight excluding hydrogens is 328 g/mol. The molecule has 23 heavy (non-hydrogen) atoms. The fourth-order valence-corrected chi connectivity index (χ4v) is 7.02. The molecular formula is C17H28O4SSi. The quantitative estimate of drug-likeness (QED) is 0.380. The van der Waals surface area contributed by atoms with Crippen LogP contribution in [0.1, 0.15) is 25.7 Å². The summed E-state index contributed by atoms with van der Waals surface area (Å²) < 4.78 is 34.4. The second-order valence-electron chi connectivity index (χ2n) is 7.59. The van der Waals surface area contributed by atoms with Gasteiger partial charge in [0.05, 0.1) is 26.5 Å². The van der Waals surface area contributed by atoms with Gasteiger partial charge >= 0.3 is 0 Å². The molecule has 2 atom stereocenters. The van der Waals surface area contributed by atoms with Crippen molar-refractivity contribution in [1.29, 1.82) is 0 Å². The normalized spacial score (nSPS) is 24.4. The zero-order valence-electron chi connectivity index (χ0n) is 14.5. The molecule has 0 aliphatic heterocycles. The van der Waals surface area contributed by atoms with Gasteiger partial charge in [0.1, 0.15) is 5.75 Å². The number of unbranched alkanes of at least 4 members (excludes halogenated alkanes) is 1. The van der Waals surface area contributed by atoms with E-state index >= 15 is 0 Å². The van der Waals surface area contributed by atoms with Gasteiger partial charge in [-0.1, -0.05) is 37.8 Å². The topological polar surface area (TPSA) is 52.6 Å². The van der Waals surface area contributed by atoms with E-state index in [0.717, 1.165) is 37.7 Å². The zero-order valence-corrected chi connectivity index (χ0v) is 16.4. The molecule has 0 radical (unpaired) electrons. The molecule has 0 amide bonds. The summed E-state index contributed by atoms with van der Waals surface area (Å²) in [6.45, 7) is 7.49. The van der Waals surface area contributed by atoms with E-state index in [9.17, 15) is 8.42 Å². The Bertz CT molecular complexity index is 609. The van der Waals surface area contributed by atoms with Gasteiger partial charge in [0.25, 0.3) is 10.1 Å². The maximum absolute atomic E-state index is 11.6. The molecule has 1 aliphatic carbocycles. The summed E-state index contributed by atoms with van der Waals surface area (Å²) in [7, 11) is -4.81. The van der Waals surface area contributed by atoms with Crippen LogP contribution < -0.4 is 4.74 Å². The van der Waals surface area contributed by atoms with Crippen LogP contribution in [-0.2, 0) is 14.3 Å². The Morgan fingerprint density at radius 2 is 1.83 bits per heavy atom. The molecule has 4 nitrogen and oxygen atoms in total. The number of hydrogen-bond acceptors (Lipinski definition) is 4. The van der Waals surface area contributed by atoms with Crippen molar-refractivity contribution in [2.24, 2.45) is 0 Å². The summed E-state index contributed by atoms with van der Waals surface area (Å²) in [4.78, 5) is 0. The van der Waals surface area contributed by atoms with Crippen molar-refractivity contribution in [2.75, 3.05) is 12.9 Å². The first-order valence-electron chi connectivity index (χ1n) is 8.21. The van der Waals surface area contributed by atoms with E-state index < -0.39 is 23.8 Å². The average Bonchev–Trinajstić information content (AvgIpc) is 3.12. The Kier molecular flexibility index (Phi) is 5.58. The van der Waals surface area contributed by atoms with Gasteiger partial charge in [0.2, 0.25) is 0 Å². The first-order chi connectivity index (χ1) is 10.6. The van der Waals surface area contributed by atoms with Crippen LogP contribution in [0.2, 0.25) is 25.2 Å². The van der Waals surface area contributed by atoms with Crippen LogP contribution in [0.4, 0.5) is 0 Å². The predicted molar refractivity (Wildman–Crippen MR) is 96.2 cm³/mol. The number of benzene rings is 1. The highest BCUT2D eigenvalue weighted by molar-refractivity contribution is 7.86. The van der Waals surface area contributed by atoms with Crippen LogP contribution in [0.15, 0.2) is 30.3 Å². The second-order valence-corrected chi connectivity index (χ2v) is 14.6. The molecule has 1 aromatic rings. The van der Waals surface area contributed by atoms with Gasteiger partial charge in [-0.2, -0.15) is 8.42 Å². The van der Waals surface area contributed by atoms with Crippen LogP contribution in [0.25, 0.3) is 0 Å². The summed E-state index contributed by atoms with van der Waals surface area (Å²) in [6.07, 6.45) is 4.67. The van der Waals surface area contributed by atoms with E-state index in [4.69, 9.17) is 8.92 Å². The van der Waals surface area contributed by atoms with Crippen molar-refractivity contribution in [3.63, 3.8) is 0 Å². The van der Waals surface area contributed by atoms with Gasteiger partial charge in [-0.15, -0.1) is 0 Å². The van der Waals surface area contributed by atoms with Crippen LogP contribution >= 0.6 is 0 Å². The van der Waals surface area contributed by atoms with Gasteiger partial charge in [0.15, 0.2) is 0 Å². The monoisotopic (exact) mass is 356 g/mol. The van der Waals surface area contributed by atoms with Gasteiger partial charge in [-0.05, 0) is 43.4 Å². The Morgan fingerprint density at radius 1 is 1.17 bits per heavy atom. The minimum Gasteiger partial charge on any atom is -0.494 e. The molecule has 0 heterocycles. The van der Waals surface area contributed by atoms with Crippen LogP contribution in [0, 0.1) is 0 Å². The molecule has 1 aromatic carbocycles. The van der Waals surface area contributed by atoms with Crippen molar-refractivity contribution in [1.82, 2.24) is 0 Å². The highest BCUT2D eigenvalue weighted by Gasteiger charge is 2.61. The summed E-state index contributed by atoms with van der Waals surface area (Å²) >= 11 is 0. The van der Waals surface area contributed by atoms with Crippen molar-refractivity contribution in [2.45, 2.75) is 56.5 Å². The lowest BCUT2D eigenvalue weighted by Gasteiger charge is -2.23. The van der Waals surface area contributed by atoms with Crippen LogP contribution in [0.5, 0.6) is 5.75 Å². The molecule has 130 valence electrons. The van der Waals surface area contributed by atoms with Crippen molar-refractivity contribution < 1.29 is 17.3 Å². The fourth-order valence-electron chi connectivity index (χ4n) is 3.33. The second kappa shape index (κ2) is 6.95. The SMILES string of the molecule is C[Si](C)(C)C1CC1(CCCCOc1ccccc1)OS(C)(=O)=O. The predicted octanol–water partition coefficient (Wildman–Crippen LogP) is 4.06. The smallest absolute Gasteiger partial charge is 0.264 e. The highest BCUT2D eigenvalue weighted by atomic mass is 32.2. The van der Waals surface area contributed by atoms with E-state index in [1.807, 2.05) is 30.3 Å². The van der Waals surface area contributed by atoms with Crippen molar-refractivity contribution in [3.8, 4) is 5.75 Å². The molecule has 0 bridgehead atoms. The largest absolute Gasteiger partial charge is 0.494 e. The van der Waals surface area contributed by atoms with E-state index in [0.29, 0.717) is 12.1 Å². The maximum atomic E-state index is 11.6. The molecule has 0 spiro atoms. The molecule has 6 heteroatoms. The minimum atomic E-state index is -3.41. The molecule has 0 aromatic heterocycles. The van der Waals surface area contributed by atoms with E-state index in [-0.39, 0.29) is 0 Å². The van der Waals surface area contributed by atoms with Crippen molar-refractivity contribution in [3.05, 3.63) is 30.3 Å². The maximum Gasteiger partial charge on any atom is 0.264 e. The third-order valence-corrected chi connectivity index (χ3v) is 7.85. The minimum absolute atomic E-state index is 0.430. The molecule has 1 saturated carbocycles. The lowest BCUT2D eigenvalue weighted by molar-refractivity contribution is 0.170. The first-order valence-corrected chi connectivity index (χ1v) is 13.6. The molecule has 2 rings (SSSR count). The van der Waals surface area contributed by atoms with Gasteiger partial charge in [-0.3, -0.25) is 4.18 Å². The standard InChI is InChI=1S/C17H28O4SSi/c1-22(18,19)21-17(14-16(17)23(2,3)4)12-8-9-13-20-15-10-6-5-7-11-15/h5-7,10-11,16H,8-9,12-14H2,1-4H3. The Hall–Kier alpha value is -0.853. The first kappa shape index (κ1) is 18.5.